The van der Waals surface area contributed by atoms with Gasteiger partial charge in [-0.2, -0.15) is 5.10 Å². The minimum Gasteiger partial charge on any atom is -0.468 e. The van der Waals surface area contributed by atoms with Gasteiger partial charge in [-0.1, -0.05) is 29.8 Å². The van der Waals surface area contributed by atoms with E-state index < -0.39 is 6.04 Å². The normalized spacial score (nSPS) is 16.3. The van der Waals surface area contributed by atoms with Crippen molar-refractivity contribution >= 4 is 29.6 Å². The van der Waals surface area contributed by atoms with Crippen LogP contribution in [0.4, 0.5) is 0 Å². The van der Waals surface area contributed by atoms with Gasteiger partial charge in [-0.05, 0) is 17.7 Å². The third kappa shape index (κ3) is 4.61. The average molecular weight is 403 g/mol. The molecule has 2 aromatic rings. The molecule has 7 nitrogen and oxygen atoms in total. The highest BCUT2D eigenvalue weighted by Crippen LogP contribution is 2.29. The number of methoxy groups -OCH3 is 1. The van der Waals surface area contributed by atoms with Crippen LogP contribution in [0.1, 0.15) is 17.2 Å². The van der Waals surface area contributed by atoms with E-state index in [1.807, 2.05) is 36.3 Å². The van der Waals surface area contributed by atoms with E-state index in [9.17, 15) is 9.59 Å². The summed E-state index contributed by atoms with van der Waals surface area (Å²) in [4.78, 5) is 28.6. The molecule has 0 saturated carbocycles. The maximum atomic E-state index is 12.4. The number of carbonyl (C=O) groups excluding carboxylic acids is 2. The Morgan fingerprint density at radius 3 is 2.54 bits per heavy atom. The summed E-state index contributed by atoms with van der Waals surface area (Å²) in [5.41, 5.74) is 1.59. The molecule has 2 heterocycles. The molecule has 1 fully saturated rings. The summed E-state index contributed by atoms with van der Waals surface area (Å²) in [7, 11) is 3.20. The first-order valence-corrected chi connectivity index (χ1v) is 9.39. The van der Waals surface area contributed by atoms with Crippen LogP contribution < -0.4 is 0 Å². The van der Waals surface area contributed by atoms with Gasteiger partial charge in [0.15, 0.2) is 0 Å². The van der Waals surface area contributed by atoms with Crippen LogP contribution in [0.3, 0.4) is 0 Å². The molecule has 1 aromatic heterocycles. The van der Waals surface area contributed by atoms with E-state index in [0.29, 0.717) is 36.8 Å². The first-order valence-electron chi connectivity index (χ1n) is 9.01. The Morgan fingerprint density at radius 1 is 1.21 bits per heavy atom. The fourth-order valence-electron chi connectivity index (χ4n) is 3.28. The van der Waals surface area contributed by atoms with E-state index in [0.717, 1.165) is 5.56 Å². The molecule has 1 atom stereocenters. The molecule has 1 aliphatic heterocycles. The molecule has 0 spiro atoms. The van der Waals surface area contributed by atoms with E-state index in [4.69, 9.17) is 16.3 Å². The van der Waals surface area contributed by atoms with Gasteiger partial charge >= 0.3 is 5.97 Å². The summed E-state index contributed by atoms with van der Waals surface area (Å²) in [5, 5.41) is 4.60. The van der Waals surface area contributed by atoms with Crippen LogP contribution >= 0.6 is 11.6 Å². The van der Waals surface area contributed by atoms with Gasteiger partial charge in [-0.15, -0.1) is 0 Å². The highest BCUT2D eigenvalue weighted by molar-refractivity contribution is 6.31. The number of halogens is 1. The number of ether oxygens (including phenoxy) is 1. The summed E-state index contributed by atoms with van der Waals surface area (Å²) in [6.07, 6.45) is 6.85. The van der Waals surface area contributed by atoms with Gasteiger partial charge in [0, 0.05) is 56.1 Å². The van der Waals surface area contributed by atoms with E-state index in [-0.39, 0.29) is 11.9 Å². The number of amides is 1. The lowest BCUT2D eigenvalue weighted by molar-refractivity contribution is -0.148. The topological polar surface area (TPSA) is 67.7 Å². The molecule has 1 aliphatic rings. The molecule has 1 amide bonds. The van der Waals surface area contributed by atoms with Crippen LogP contribution in [0.2, 0.25) is 5.02 Å². The van der Waals surface area contributed by atoms with Crippen LogP contribution in [-0.4, -0.2) is 64.7 Å². The van der Waals surface area contributed by atoms with Crippen LogP contribution in [-0.2, 0) is 21.4 Å². The van der Waals surface area contributed by atoms with Gasteiger partial charge in [0.2, 0.25) is 5.91 Å². The second kappa shape index (κ2) is 9.03. The molecule has 148 valence electrons. The summed E-state index contributed by atoms with van der Waals surface area (Å²) >= 11 is 6.30. The van der Waals surface area contributed by atoms with Gasteiger partial charge in [-0.25, -0.2) is 4.79 Å². The van der Waals surface area contributed by atoms with E-state index in [2.05, 4.69) is 5.10 Å². The Balaban J connectivity index is 1.65. The Morgan fingerprint density at radius 2 is 1.93 bits per heavy atom. The Labute approximate surface area is 169 Å². The van der Waals surface area contributed by atoms with Gasteiger partial charge in [0.05, 0.1) is 13.3 Å². The highest BCUT2D eigenvalue weighted by Gasteiger charge is 2.33. The van der Waals surface area contributed by atoms with Crippen molar-refractivity contribution in [3.8, 4) is 0 Å². The molecule has 1 aromatic carbocycles. The lowest BCUT2D eigenvalue weighted by Gasteiger charge is -2.38. The standard InChI is InChI=1S/C20H23ClN4O3/c1-23-14-15(13-22-23)7-8-18(26)24-9-11-25(12-10-24)19(20(27)28-2)16-5-3-4-6-17(16)21/h3-8,13-14,19H,9-12H2,1-2H3. The molecule has 3 rings (SSSR count). The van der Waals surface area contributed by atoms with Crippen LogP contribution in [0, 0.1) is 0 Å². The van der Waals surface area contributed by atoms with E-state index in [1.165, 1.54) is 7.11 Å². The summed E-state index contributed by atoms with van der Waals surface area (Å²) in [5.74, 6) is -0.416. The van der Waals surface area contributed by atoms with Crippen molar-refractivity contribution in [1.82, 2.24) is 19.6 Å². The number of aryl methyl sites for hydroxylation is 1. The zero-order chi connectivity index (χ0) is 20.1. The number of aromatic nitrogens is 2. The molecular weight excluding hydrogens is 380 g/mol. The number of carbonyl (C=O) groups is 2. The van der Waals surface area contributed by atoms with Gasteiger partial charge in [0.1, 0.15) is 6.04 Å². The molecule has 0 radical (unpaired) electrons. The number of rotatable bonds is 5. The lowest BCUT2D eigenvalue weighted by atomic mass is 10.0. The minimum atomic E-state index is -0.582. The van der Waals surface area contributed by atoms with Crippen molar-refractivity contribution in [3.63, 3.8) is 0 Å². The summed E-state index contributed by atoms with van der Waals surface area (Å²) in [6.45, 7) is 2.15. The molecule has 28 heavy (non-hydrogen) atoms. The Bertz CT molecular complexity index is 872. The fraction of sp³-hybridized carbons (Fsp3) is 0.350. The molecule has 0 N–H and O–H groups in total. The van der Waals surface area contributed by atoms with Crippen molar-refractivity contribution in [1.29, 1.82) is 0 Å². The van der Waals surface area contributed by atoms with Gasteiger partial charge < -0.3 is 9.64 Å². The quantitative estimate of drug-likeness (QED) is 0.566. The minimum absolute atomic E-state index is 0.0594. The number of hydrogen-bond donors (Lipinski definition) is 0. The molecule has 8 heteroatoms. The largest absolute Gasteiger partial charge is 0.468 e. The summed E-state index contributed by atoms with van der Waals surface area (Å²) in [6, 6.07) is 6.68. The zero-order valence-corrected chi connectivity index (χ0v) is 16.7. The van der Waals surface area contributed by atoms with Crippen LogP contribution in [0.5, 0.6) is 0 Å². The van der Waals surface area contributed by atoms with Crippen LogP contribution in [0.25, 0.3) is 6.08 Å². The average Bonchev–Trinajstić information content (AvgIpc) is 3.13. The number of nitrogens with zero attached hydrogens (tertiary/aromatic N) is 4. The number of hydrogen-bond acceptors (Lipinski definition) is 5. The second-order valence-electron chi connectivity index (χ2n) is 6.59. The second-order valence-corrected chi connectivity index (χ2v) is 7.00. The van der Waals surface area contributed by atoms with Crippen molar-refractivity contribution in [2.24, 2.45) is 7.05 Å². The first kappa shape index (κ1) is 20.1. The predicted molar refractivity (Wildman–Crippen MR) is 107 cm³/mol. The van der Waals surface area contributed by atoms with E-state index in [1.54, 1.807) is 34.0 Å². The first-order chi connectivity index (χ1) is 13.5. The predicted octanol–water partition coefficient (Wildman–Crippen LogP) is 2.15. The molecular formula is C20H23ClN4O3. The molecule has 0 aliphatic carbocycles. The van der Waals surface area contributed by atoms with Gasteiger partial charge in [0.25, 0.3) is 0 Å². The SMILES string of the molecule is COC(=O)C(c1ccccc1Cl)N1CCN(C(=O)C=Cc2cnn(C)c2)CC1. The fourth-order valence-corrected chi connectivity index (χ4v) is 3.52. The maximum absolute atomic E-state index is 12.4. The number of benzene rings is 1. The van der Waals surface area contributed by atoms with Crippen molar-refractivity contribution in [2.75, 3.05) is 33.3 Å². The van der Waals surface area contributed by atoms with Crippen molar-refractivity contribution in [2.45, 2.75) is 6.04 Å². The van der Waals surface area contributed by atoms with Gasteiger partial charge in [-0.3, -0.25) is 14.4 Å². The summed E-state index contributed by atoms with van der Waals surface area (Å²) < 4.78 is 6.69. The van der Waals surface area contributed by atoms with Crippen molar-refractivity contribution < 1.29 is 14.3 Å². The number of esters is 1. The maximum Gasteiger partial charge on any atom is 0.327 e. The zero-order valence-electron chi connectivity index (χ0n) is 15.9. The smallest absolute Gasteiger partial charge is 0.327 e. The lowest BCUT2D eigenvalue weighted by Crippen LogP contribution is -2.50. The highest BCUT2D eigenvalue weighted by atomic mass is 35.5. The number of piperazine rings is 1. The van der Waals surface area contributed by atoms with Crippen LogP contribution in [0.15, 0.2) is 42.7 Å². The Kier molecular flexibility index (Phi) is 6.49. The Hall–Kier alpha value is -2.64. The van der Waals surface area contributed by atoms with E-state index >= 15 is 0 Å². The molecule has 1 saturated heterocycles. The third-order valence-electron chi connectivity index (χ3n) is 4.76. The monoisotopic (exact) mass is 402 g/mol. The molecule has 1 unspecified atom stereocenters. The van der Waals surface area contributed by atoms with Crippen molar-refractivity contribution in [3.05, 3.63) is 58.9 Å². The third-order valence-corrected chi connectivity index (χ3v) is 5.10. The molecule has 0 bridgehead atoms.